The first kappa shape index (κ1) is 11.0. The van der Waals surface area contributed by atoms with Crippen molar-refractivity contribution in [2.24, 2.45) is 4.99 Å². The van der Waals surface area contributed by atoms with E-state index in [2.05, 4.69) is 9.98 Å². The Morgan fingerprint density at radius 3 is 2.93 bits per heavy atom. The van der Waals surface area contributed by atoms with Gasteiger partial charge in [0.15, 0.2) is 6.39 Å². The average molecular weight is 216 g/mol. The molecule has 0 fully saturated rings. The molecule has 1 heterocycles. The van der Waals surface area contributed by atoms with E-state index in [-0.39, 0.29) is 0 Å². The van der Waals surface area contributed by atoms with Crippen molar-refractivity contribution in [3.05, 3.63) is 18.4 Å². The Labute approximate surface area is 88.6 Å². The molecule has 0 spiro atoms. The van der Waals surface area contributed by atoms with Crippen molar-refractivity contribution in [1.29, 1.82) is 0 Å². The topological polar surface area (TPSA) is 41.6 Å². The molecular formula is C9H14ClN3O. The number of halogens is 1. The number of alkyl halides is 1. The second-order valence-corrected chi connectivity index (χ2v) is 3.02. The second kappa shape index (κ2) is 5.65. The molecule has 0 unspecified atom stereocenters. The molecule has 4 nitrogen and oxygen atoms in total. The Morgan fingerprint density at radius 2 is 2.50 bits per heavy atom. The summed E-state index contributed by atoms with van der Waals surface area (Å²) in [4.78, 5) is 10.0. The zero-order chi connectivity index (χ0) is 10.4. The summed E-state index contributed by atoms with van der Waals surface area (Å²) in [7, 11) is 1.74. The number of aromatic nitrogens is 1. The maximum absolute atomic E-state index is 5.76. The highest BCUT2D eigenvalue weighted by molar-refractivity contribution is 6.28. The molecule has 1 aromatic heterocycles. The van der Waals surface area contributed by atoms with Crippen LogP contribution in [0.1, 0.15) is 12.7 Å². The molecule has 0 saturated carbocycles. The van der Waals surface area contributed by atoms with Gasteiger partial charge < -0.3 is 9.32 Å². The van der Waals surface area contributed by atoms with Gasteiger partial charge in [-0.15, -0.1) is 11.6 Å². The Hall–Kier alpha value is -1.03. The van der Waals surface area contributed by atoms with E-state index in [1.807, 2.05) is 11.8 Å². The first-order valence-electron chi connectivity index (χ1n) is 4.45. The number of hydrogen-bond acceptors (Lipinski definition) is 3. The van der Waals surface area contributed by atoms with Crippen molar-refractivity contribution in [3.63, 3.8) is 0 Å². The quantitative estimate of drug-likeness (QED) is 0.437. The Kier molecular flexibility index (Phi) is 4.46. The highest BCUT2D eigenvalue weighted by Crippen LogP contribution is 2.05. The molecule has 14 heavy (non-hydrogen) atoms. The summed E-state index contributed by atoms with van der Waals surface area (Å²) in [6.45, 7) is 3.56. The molecule has 0 radical (unpaired) electrons. The summed E-state index contributed by atoms with van der Waals surface area (Å²) in [5, 5.41) is 0. The van der Waals surface area contributed by atoms with Gasteiger partial charge in [0.25, 0.3) is 0 Å². The van der Waals surface area contributed by atoms with Crippen LogP contribution in [0.3, 0.4) is 0 Å². The van der Waals surface area contributed by atoms with E-state index in [1.165, 1.54) is 6.39 Å². The van der Waals surface area contributed by atoms with Crippen LogP contribution in [0.4, 0.5) is 0 Å². The van der Waals surface area contributed by atoms with Crippen LogP contribution in [0.25, 0.3) is 0 Å². The lowest BCUT2D eigenvalue weighted by Crippen LogP contribution is -2.31. The zero-order valence-corrected chi connectivity index (χ0v) is 9.16. The predicted molar refractivity (Wildman–Crippen MR) is 56.7 cm³/mol. The third-order valence-corrected chi connectivity index (χ3v) is 2.19. The Balaban J connectivity index is 2.63. The zero-order valence-electron chi connectivity index (χ0n) is 8.40. The van der Waals surface area contributed by atoms with Crippen LogP contribution in [0.5, 0.6) is 0 Å². The van der Waals surface area contributed by atoms with Gasteiger partial charge >= 0.3 is 0 Å². The largest absolute Gasteiger partial charge is 0.447 e. The molecule has 0 N–H and O–H groups in total. The minimum absolute atomic E-state index is 0.415. The minimum atomic E-state index is 0.415. The second-order valence-electron chi connectivity index (χ2n) is 2.76. The van der Waals surface area contributed by atoms with Gasteiger partial charge in [0.1, 0.15) is 11.6 Å². The van der Waals surface area contributed by atoms with Crippen LogP contribution in [-0.4, -0.2) is 35.2 Å². The lowest BCUT2D eigenvalue weighted by molar-refractivity contribution is 0.373. The summed E-state index contributed by atoms with van der Waals surface area (Å²) in [6.07, 6.45) is 3.12. The van der Waals surface area contributed by atoms with Crippen molar-refractivity contribution in [2.75, 3.05) is 19.5 Å². The van der Waals surface area contributed by atoms with Crippen LogP contribution >= 0.6 is 11.6 Å². The first-order chi connectivity index (χ1) is 6.81. The first-order valence-corrected chi connectivity index (χ1v) is 4.99. The fourth-order valence-corrected chi connectivity index (χ4v) is 1.47. The van der Waals surface area contributed by atoms with Crippen LogP contribution in [0.15, 0.2) is 22.0 Å². The molecule has 0 aromatic carbocycles. The van der Waals surface area contributed by atoms with Gasteiger partial charge in [-0.1, -0.05) is 0 Å². The molecule has 0 saturated heterocycles. The van der Waals surface area contributed by atoms with E-state index in [4.69, 9.17) is 16.0 Å². The molecular weight excluding hydrogens is 202 g/mol. The molecule has 1 aromatic rings. The molecule has 0 aliphatic rings. The summed E-state index contributed by atoms with van der Waals surface area (Å²) < 4.78 is 5.15. The Morgan fingerprint density at radius 1 is 1.71 bits per heavy atom. The van der Waals surface area contributed by atoms with Crippen molar-refractivity contribution in [1.82, 2.24) is 9.88 Å². The maximum atomic E-state index is 5.76. The lowest BCUT2D eigenvalue weighted by Gasteiger charge is -2.21. The van der Waals surface area contributed by atoms with Gasteiger partial charge in [-0.3, -0.25) is 4.99 Å². The van der Waals surface area contributed by atoms with Crippen LogP contribution in [0.2, 0.25) is 0 Å². The summed E-state index contributed by atoms with van der Waals surface area (Å²) in [6, 6.07) is 0. The monoisotopic (exact) mass is 215 g/mol. The summed E-state index contributed by atoms with van der Waals surface area (Å²) >= 11 is 5.76. The van der Waals surface area contributed by atoms with Crippen LogP contribution in [-0.2, 0) is 6.54 Å². The van der Waals surface area contributed by atoms with Crippen LogP contribution < -0.4 is 0 Å². The molecule has 1 rings (SSSR count). The SMILES string of the molecule is CCN(Cc1cnco1)/C(CCl)=N\C. The van der Waals surface area contributed by atoms with Gasteiger partial charge in [-0.05, 0) is 6.92 Å². The Bertz CT molecular complexity index is 284. The molecule has 0 aliphatic heterocycles. The molecule has 0 atom stereocenters. The lowest BCUT2D eigenvalue weighted by atomic mass is 10.4. The molecule has 0 aliphatic carbocycles. The van der Waals surface area contributed by atoms with E-state index in [9.17, 15) is 0 Å². The van der Waals surface area contributed by atoms with E-state index in [0.717, 1.165) is 18.1 Å². The summed E-state index contributed by atoms with van der Waals surface area (Å²) in [5.41, 5.74) is 0. The standard InChI is InChI=1S/C9H14ClN3O/c1-3-13(9(4-10)11-2)6-8-5-12-7-14-8/h5,7H,3-4,6H2,1-2H3/b11-9-. The van der Waals surface area contributed by atoms with E-state index < -0.39 is 0 Å². The number of rotatable bonds is 4. The van der Waals surface area contributed by atoms with E-state index in [0.29, 0.717) is 12.4 Å². The third kappa shape index (κ3) is 2.73. The number of hydrogen-bond donors (Lipinski definition) is 0. The smallest absolute Gasteiger partial charge is 0.180 e. The third-order valence-electron chi connectivity index (χ3n) is 1.95. The van der Waals surface area contributed by atoms with Gasteiger partial charge in [-0.2, -0.15) is 0 Å². The summed E-state index contributed by atoms with van der Waals surface area (Å²) in [5.74, 6) is 2.10. The van der Waals surface area contributed by atoms with Crippen molar-refractivity contribution in [2.45, 2.75) is 13.5 Å². The maximum Gasteiger partial charge on any atom is 0.180 e. The molecule has 78 valence electrons. The number of nitrogens with zero attached hydrogens (tertiary/aromatic N) is 3. The van der Waals surface area contributed by atoms with Gasteiger partial charge in [0, 0.05) is 13.6 Å². The van der Waals surface area contributed by atoms with Gasteiger partial charge in [0.05, 0.1) is 18.6 Å². The fourth-order valence-electron chi connectivity index (χ4n) is 1.18. The number of oxazole rings is 1. The highest BCUT2D eigenvalue weighted by atomic mass is 35.5. The molecule has 0 amide bonds. The number of aliphatic imine (C=N–C) groups is 1. The average Bonchev–Trinajstić information content (AvgIpc) is 2.70. The highest BCUT2D eigenvalue weighted by Gasteiger charge is 2.09. The number of amidine groups is 1. The van der Waals surface area contributed by atoms with Gasteiger partial charge in [0.2, 0.25) is 0 Å². The fraction of sp³-hybridized carbons (Fsp3) is 0.556. The van der Waals surface area contributed by atoms with Crippen LogP contribution in [0, 0.1) is 0 Å². The van der Waals surface area contributed by atoms with Crippen molar-refractivity contribution >= 4 is 17.4 Å². The van der Waals surface area contributed by atoms with Crippen molar-refractivity contribution in [3.8, 4) is 0 Å². The predicted octanol–water partition coefficient (Wildman–Crippen LogP) is 1.76. The van der Waals surface area contributed by atoms with Crippen molar-refractivity contribution < 1.29 is 4.42 Å². The normalized spacial score (nSPS) is 11.8. The molecule has 5 heteroatoms. The molecule has 0 bridgehead atoms. The minimum Gasteiger partial charge on any atom is -0.447 e. The van der Waals surface area contributed by atoms with Gasteiger partial charge in [-0.25, -0.2) is 4.98 Å². The van der Waals surface area contributed by atoms with E-state index in [1.54, 1.807) is 13.2 Å². The van der Waals surface area contributed by atoms with E-state index >= 15 is 0 Å².